The maximum absolute atomic E-state index is 6.24. The summed E-state index contributed by atoms with van der Waals surface area (Å²) < 4.78 is 7.13. The Bertz CT molecular complexity index is 837. The minimum atomic E-state index is 0.393. The molecule has 0 aliphatic carbocycles. The number of ether oxygens (including phenoxy) is 1. The summed E-state index contributed by atoms with van der Waals surface area (Å²) in [5.41, 5.74) is 1.61. The highest BCUT2D eigenvalue weighted by molar-refractivity contribution is 6.43. The highest BCUT2D eigenvalue weighted by Crippen LogP contribution is 2.29. The average molecular weight is 364 g/mol. The van der Waals surface area contributed by atoms with Crippen LogP contribution in [0.3, 0.4) is 0 Å². The van der Waals surface area contributed by atoms with E-state index in [9.17, 15) is 0 Å². The molecular weight excluding hydrogens is 349 g/mol. The van der Waals surface area contributed by atoms with E-state index in [2.05, 4.69) is 20.8 Å². The van der Waals surface area contributed by atoms with E-state index in [0.29, 0.717) is 34.8 Å². The van der Waals surface area contributed by atoms with Crippen molar-refractivity contribution in [2.45, 2.75) is 13.5 Å². The third-order valence-electron chi connectivity index (χ3n) is 3.34. The zero-order chi connectivity index (χ0) is 16.9. The zero-order valence-electron chi connectivity index (χ0n) is 12.9. The van der Waals surface area contributed by atoms with Crippen molar-refractivity contribution < 1.29 is 4.74 Å². The van der Waals surface area contributed by atoms with Gasteiger partial charge in [-0.05, 0) is 35.5 Å². The Labute approximate surface area is 149 Å². The van der Waals surface area contributed by atoms with Gasteiger partial charge in [-0.15, -0.1) is 0 Å². The Kier molecular flexibility index (Phi) is 5.17. The first-order valence-electron chi connectivity index (χ1n) is 7.38. The smallest absolute Gasteiger partial charge is 0.248 e. The zero-order valence-corrected chi connectivity index (χ0v) is 14.4. The summed E-state index contributed by atoms with van der Waals surface area (Å²) in [5.74, 6) is 1.29. The Morgan fingerprint density at radius 3 is 2.79 bits per heavy atom. The number of rotatable bonds is 6. The highest BCUT2D eigenvalue weighted by atomic mass is 35.5. The molecule has 2 aromatic carbocycles. The van der Waals surface area contributed by atoms with Crippen LogP contribution in [0, 0.1) is 0 Å². The molecule has 1 N–H and O–H groups in total. The molecule has 0 amide bonds. The standard InChI is InChI=1S/C16H15Cl2N5O/c1-2-24-14-9-4-3-6-11(14)10-19-16-20-21-22-23(16)13-8-5-7-12(17)15(13)18/h3-9H,2,10H2,1H3,(H,19,20,22). The minimum Gasteiger partial charge on any atom is -0.494 e. The molecule has 0 spiro atoms. The van der Waals surface area contributed by atoms with Gasteiger partial charge in [0.15, 0.2) is 0 Å². The number of halogens is 2. The van der Waals surface area contributed by atoms with Crippen molar-refractivity contribution in [3.05, 3.63) is 58.1 Å². The highest BCUT2D eigenvalue weighted by Gasteiger charge is 2.13. The van der Waals surface area contributed by atoms with Crippen LogP contribution in [-0.4, -0.2) is 26.8 Å². The topological polar surface area (TPSA) is 64.9 Å². The van der Waals surface area contributed by atoms with E-state index in [1.807, 2.05) is 31.2 Å². The lowest BCUT2D eigenvalue weighted by Crippen LogP contribution is -2.09. The molecule has 3 aromatic rings. The van der Waals surface area contributed by atoms with Crippen LogP contribution in [0.5, 0.6) is 5.75 Å². The number of hydrogen-bond acceptors (Lipinski definition) is 5. The fraction of sp³-hybridized carbons (Fsp3) is 0.188. The van der Waals surface area contributed by atoms with Crippen molar-refractivity contribution >= 4 is 29.2 Å². The van der Waals surface area contributed by atoms with Gasteiger partial charge in [-0.25, -0.2) is 0 Å². The first-order chi connectivity index (χ1) is 11.7. The minimum absolute atomic E-state index is 0.393. The van der Waals surface area contributed by atoms with E-state index in [-0.39, 0.29) is 0 Å². The van der Waals surface area contributed by atoms with Crippen LogP contribution in [-0.2, 0) is 6.54 Å². The van der Waals surface area contributed by atoms with Crippen molar-refractivity contribution in [1.82, 2.24) is 20.2 Å². The molecule has 0 saturated heterocycles. The number of hydrogen-bond donors (Lipinski definition) is 1. The maximum atomic E-state index is 6.24. The van der Waals surface area contributed by atoms with E-state index in [0.717, 1.165) is 11.3 Å². The number of tetrazole rings is 1. The summed E-state index contributed by atoms with van der Waals surface area (Å²) >= 11 is 12.3. The van der Waals surface area contributed by atoms with E-state index in [1.165, 1.54) is 4.68 Å². The number of anilines is 1. The van der Waals surface area contributed by atoms with Crippen molar-refractivity contribution in [1.29, 1.82) is 0 Å². The number of para-hydroxylation sites is 1. The Morgan fingerprint density at radius 1 is 1.12 bits per heavy atom. The summed E-state index contributed by atoms with van der Waals surface area (Å²) in [6.45, 7) is 3.06. The van der Waals surface area contributed by atoms with E-state index < -0.39 is 0 Å². The second-order valence-electron chi connectivity index (χ2n) is 4.88. The maximum Gasteiger partial charge on any atom is 0.248 e. The quantitative estimate of drug-likeness (QED) is 0.717. The normalized spacial score (nSPS) is 10.6. The van der Waals surface area contributed by atoms with Crippen LogP contribution >= 0.6 is 23.2 Å². The average Bonchev–Trinajstić information content (AvgIpc) is 3.05. The van der Waals surface area contributed by atoms with E-state index in [1.54, 1.807) is 18.2 Å². The van der Waals surface area contributed by atoms with Gasteiger partial charge in [0.05, 0.1) is 22.3 Å². The van der Waals surface area contributed by atoms with Crippen LogP contribution in [0.1, 0.15) is 12.5 Å². The lowest BCUT2D eigenvalue weighted by Gasteiger charge is -2.12. The van der Waals surface area contributed by atoms with E-state index in [4.69, 9.17) is 27.9 Å². The lowest BCUT2D eigenvalue weighted by molar-refractivity contribution is 0.337. The van der Waals surface area contributed by atoms with Gasteiger partial charge >= 0.3 is 0 Å². The van der Waals surface area contributed by atoms with Gasteiger partial charge in [-0.3, -0.25) is 0 Å². The number of nitrogens with zero attached hydrogens (tertiary/aromatic N) is 4. The monoisotopic (exact) mass is 363 g/mol. The Morgan fingerprint density at radius 2 is 1.96 bits per heavy atom. The van der Waals surface area contributed by atoms with E-state index >= 15 is 0 Å². The Hall–Kier alpha value is -2.31. The second kappa shape index (κ2) is 7.51. The molecule has 0 saturated carbocycles. The summed E-state index contributed by atoms with van der Waals surface area (Å²) in [6, 6.07) is 13.1. The molecule has 0 radical (unpaired) electrons. The molecule has 3 rings (SSSR count). The fourth-order valence-corrected chi connectivity index (χ4v) is 2.61. The molecule has 0 fully saturated rings. The number of aromatic nitrogens is 4. The first-order valence-corrected chi connectivity index (χ1v) is 8.13. The van der Waals surface area contributed by atoms with Crippen LogP contribution < -0.4 is 10.1 Å². The first kappa shape index (κ1) is 16.5. The third-order valence-corrected chi connectivity index (χ3v) is 4.15. The molecule has 6 nitrogen and oxygen atoms in total. The Balaban J connectivity index is 1.83. The fourth-order valence-electron chi connectivity index (χ4n) is 2.24. The lowest BCUT2D eigenvalue weighted by atomic mass is 10.2. The molecule has 1 aromatic heterocycles. The summed E-state index contributed by atoms with van der Waals surface area (Å²) in [7, 11) is 0. The van der Waals surface area contributed by atoms with Crippen molar-refractivity contribution in [2.24, 2.45) is 0 Å². The van der Waals surface area contributed by atoms with Gasteiger partial charge in [-0.2, -0.15) is 4.68 Å². The van der Waals surface area contributed by atoms with Gasteiger partial charge in [0, 0.05) is 12.1 Å². The van der Waals surface area contributed by atoms with Crippen molar-refractivity contribution in [2.75, 3.05) is 11.9 Å². The molecule has 0 aliphatic rings. The van der Waals surface area contributed by atoms with Gasteiger partial charge in [0.25, 0.3) is 0 Å². The second-order valence-corrected chi connectivity index (χ2v) is 5.67. The summed E-state index contributed by atoms with van der Waals surface area (Å²) in [4.78, 5) is 0. The molecule has 8 heteroatoms. The van der Waals surface area contributed by atoms with Gasteiger partial charge in [-0.1, -0.05) is 52.6 Å². The predicted molar refractivity (Wildman–Crippen MR) is 94.1 cm³/mol. The van der Waals surface area contributed by atoms with Gasteiger partial charge in [0.2, 0.25) is 5.95 Å². The van der Waals surface area contributed by atoms with Gasteiger partial charge in [0.1, 0.15) is 5.75 Å². The van der Waals surface area contributed by atoms with Crippen LogP contribution in [0.4, 0.5) is 5.95 Å². The molecule has 0 unspecified atom stereocenters. The van der Waals surface area contributed by atoms with Gasteiger partial charge < -0.3 is 10.1 Å². The van der Waals surface area contributed by atoms with Crippen LogP contribution in [0.25, 0.3) is 5.69 Å². The molecule has 124 valence electrons. The van der Waals surface area contributed by atoms with Crippen LogP contribution in [0.2, 0.25) is 10.0 Å². The number of benzene rings is 2. The summed E-state index contributed by atoms with van der Waals surface area (Å²) in [5, 5.41) is 15.7. The predicted octanol–water partition coefficient (Wildman–Crippen LogP) is 3.98. The third kappa shape index (κ3) is 3.44. The van der Waals surface area contributed by atoms with Crippen molar-refractivity contribution in [3.8, 4) is 11.4 Å². The molecule has 0 atom stereocenters. The molecule has 0 aliphatic heterocycles. The SMILES string of the molecule is CCOc1ccccc1CNc1nnnn1-c1cccc(Cl)c1Cl. The largest absolute Gasteiger partial charge is 0.494 e. The molecule has 1 heterocycles. The van der Waals surface area contributed by atoms with Crippen LogP contribution in [0.15, 0.2) is 42.5 Å². The molecular formula is C16H15Cl2N5O. The molecule has 0 bridgehead atoms. The molecule has 24 heavy (non-hydrogen) atoms. The van der Waals surface area contributed by atoms with Crippen molar-refractivity contribution in [3.63, 3.8) is 0 Å². The number of nitrogens with one attached hydrogen (secondary N) is 1. The summed E-state index contributed by atoms with van der Waals surface area (Å²) in [6.07, 6.45) is 0.